The molecule has 15 heavy (non-hydrogen) atoms. The lowest BCUT2D eigenvalue weighted by molar-refractivity contribution is -0.134. The quantitative estimate of drug-likeness (QED) is 0.640. The third kappa shape index (κ3) is 3.59. The molecule has 3 nitrogen and oxygen atoms in total. The molecule has 1 aromatic carbocycles. The van der Waals surface area contributed by atoms with Gasteiger partial charge in [0.2, 0.25) is 0 Å². The molecule has 0 unspecified atom stereocenters. The maximum Gasteiger partial charge on any atom is 0.331 e. The van der Waals surface area contributed by atoms with Crippen molar-refractivity contribution in [2.24, 2.45) is 0 Å². The summed E-state index contributed by atoms with van der Waals surface area (Å²) < 4.78 is 17.5. The van der Waals surface area contributed by atoms with Crippen LogP contribution < -0.4 is 5.32 Å². The Balaban J connectivity index is 2.68. The van der Waals surface area contributed by atoms with Gasteiger partial charge in [-0.05, 0) is 18.2 Å². The Kier molecular flexibility index (Phi) is 4.12. The Labute approximate surface area is 91.5 Å². The first kappa shape index (κ1) is 11.5. The molecule has 0 amide bonds. The number of hydrogen-bond donors (Lipinski definition) is 1. The molecule has 0 spiro atoms. The lowest BCUT2D eigenvalue weighted by atomic mass is 10.3. The lowest BCUT2D eigenvalue weighted by Gasteiger charge is -2.02. The molecule has 0 aliphatic carbocycles. The van der Waals surface area contributed by atoms with E-state index >= 15 is 0 Å². The first-order valence-corrected chi connectivity index (χ1v) is 4.47. The number of rotatable bonds is 3. The second-order valence-electron chi connectivity index (χ2n) is 2.62. The van der Waals surface area contributed by atoms with Gasteiger partial charge >= 0.3 is 5.97 Å². The summed E-state index contributed by atoms with van der Waals surface area (Å²) in [6, 6.07) is 4.08. The SMILES string of the molecule is COC(=O)/C=C/Nc1cc(Cl)ccc1F. The van der Waals surface area contributed by atoms with E-state index in [1.807, 2.05) is 0 Å². The molecule has 80 valence electrons. The molecule has 0 aliphatic heterocycles. The van der Waals surface area contributed by atoms with E-state index in [1.165, 1.54) is 31.5 Å². The van der Waals surface area contributed by atoms with Crippen molar-refractivity contribution in [2.45, 2.75) is 0 Å². The normalized spacial score (nSPS) is 10.3. The number of ether oxygens (including phenoxy) is 1. The van der Waals surface area contributed by atoms with Gasteiger partial charge in [0.1, 0.15) is 5.82 Å². The van der Waals surface area contributed by atoms with E-state index in [2.05, 4.69) is 10.1 Å². The van der Waals surface area contributed by atoms with Gasteiger partial charge in [-0.1, -0.05) is 11.6 Å². The average Bonchev–Trinajstić information content (AvgIpc) is 2.23. The highest BCUT2D eigenvalue weighted by Gasteiger charge is 2.00. The molecule has 0 saturated carbocycles. The minimum absolute atomic E-state index is 0.197. The monoisotopic (exact) mass is 229 g/mol. The molecule has 0 atom stereocenters. The minimum atomic E-state index is -0.523. The fourth-order valence-electron chi connectivity index (χ4n) is 0.876. The topological polar surface area (TPSA) is 38.3 Å². The van der Waals surface area contributed by atoms with Crippen molar-refractivity contribution in [3.05, 3.63) is 41.3 Å². The highest BCUT2D eigenvalue weighted by molar-refractivity contribution is 6.30. The van der Waals surface area contributed by atoms with E-state index in [0.717, 1.165) is 6.08 Å². The van der Waals surface area contributed by atoms with E-state index in [9.17, 15) is 9.18 Å². The van der Waals surface area contributed by atoms with Crippen LogP contribution in [0.4, 0.5) is 10.1 Å². The van der Waals surface area contributed by atoms with E-state index in [4.69, 9.17) is 11.6 Å². The Morgan fingerprint density at radius 3 is 3.00 bits per heavy atom. The van der Waals surface area contributed by atoms with E-state index in [-0.39, 0.29) is 5.69 Å². The molecule has 1 rings (SSSR count). The second-order valence-corrected chi connectivity index (χ2v) is 3.06. The van der Waals surface area contributed by atoms with Crippen LogP contribution in [0.25, 0.3) is 0 Å². The molecule has 0 aliphatic rings. The molecule has 5 heteroatoms. The van der Waals surface area contributed by atoms with Gasteiger partial charge in [-0.2, -0.15) is 0 Å². The highest BCUT2D eigenvalue weighted by atomic mass is 35.5. The number of benzene rings is 1. The van der Waals surface area contributed by atoms with Crippen molar-refractivity contribution in [1.29, 1.82) is 0 Å². The number of anilines is 1. The number of esters is 1. The number of halogens is 2. The van der Waals surface area contributed by atoms with Crippen molar-refractivity contribution in [3.8, 4) is 0 Å². The van der Waals surface area contributed by atoms with Gasteiger partial charge in [0.25, 0.3) is 0 Å². The molecule has 0 saturated heterocycles. The molecular weight excluding hydrogens is 221 g/mol. The van der Waals surface area contributed by atoms with Crippen LogP contribution in [-0.2, 0) is 9.53 Å². The fraction of sp³-hybridized carbons (Fsp3) is 0.100. The summed E-state index contributed by atoms with van der Waals surface area (Å²) >= 11 is 5.66. The van der Waals surface area contributed by atoms with Gasteiger partial charge in [0.05, 0.1) is 12.8 Å². The van der Waals surface area contributed by atoms with Gasteiger partial charge in [-0.15, -0.1) is 0 Å². The van der Waals surface area contributed by atoms with Gasteiger partial charge < -0.3 is 10.1 Å². The summed E-state index contributed by atoms with van der Waals surface area (Å²) in [5.41, 5.74) is 0.197. The molecule has 0 radical (unpaired) electrons. The third-order valence-electron chi connectivity index (χ3n) is 1.59. The number of methoxy groups -OCH3 is 1. The first-order valence-electron chi connectivity index (χ1n) is 4.09. The maximum atomic E-state index is 13.1. The summed E-state index contributed by atoms with van der Waals surface area (Å²) in [7, 11) is 1.26. The number of carbonyl (C=O) groups excluding carboxylic acids is 1. The molecule has 1 aromatic rings. The molecule has 1 N–H and O–H groups in total. The molecule has 0 bridgehead atoms. The second kappa shape index (κ2) is 5.36. The molecule has 0 aromatic heterocycles. The Bertz CT molecular complexity index is 393. The van der Waals surface area contributed by atoms with Crippen molar-refractivity contribution in [1.82, 2.24) is 0 Å². The smallest absolute Gasteiger partial charge is 0.331 e. The predicted octanol–water partition coefficient (Wildman–Crippen LogP) is 2.58. The van der Waals surface area contributed by atoms with Crippen LogP contribution >= 0.6 is 11.6 Å². The van der Waals surface area contributed by atoms with Crippen LogP contribution in [-0.4, -0.2) is 13.1 Å². The first-order chi connectivity index (χ1) is 7.13. The Morgan fingerprint density at radius 2 is 2.33 bits per heavy atom. The van der Waals surface area contributed by atoms with Crippen LogP contribution in [0.2, 0.25) is 5.02 Å². The fourth-order valence-corrected chi connectivity index (χ4v) is 1.05. The number of hydrogen-bond acceptors (Lipinski definition) is 3. The van der Waals surface area contributed by atoms with Crippen LogP contribution in [0.3, 0.4) is 0 Å². The Morgan fingerprint density at radius 1 is 1.60 bits per heavy atom. The number of carbonyl (C=O) groups is 1. The summed E-state index contributed by atoms with van der Waals surface area (Å²) in [5, 5.41) is 2.99. The zero-order valence-electron chi connectivity index (χ0n) is 7.96. The summed E-state index contributed by atoms with van der Waals surface area (Å²) in [6.45, 7) is 0. The minimum Gasteiger partial charge on any atom is -0.466 e. The zero-order valence-corrected chi connectivity index (χ0v) is 8.72. The Hall–Kier alpha value is -1.55. The average molecular weight is 230 g/mol. The summed E-state index contributed by atoms with van der Waals surface area (Å²) in [4.78, 5) is 10.7. The highest BCUT2D eigenvalue weighted by Crippen LogP contribution is 2.19. The van der Waals surface area contributed by atoms with E-state index < -0.39 is 11.8 Å². The number of nitrogens with one attached hydrogen (secondary N) is 1. The molecule has 0 fully saturated rings. The van der Waals surface area contributed by atoms with Crippen molar-refractivity contribution >= 4 is 23.3 Å². The van der Waals surface area contributed by atoms with Crippen LogP contribution in [0, 0.1) is 5.82 Å². The summed E-state index contributed by atoms with van der Waals surface area (Å²) in [5.74, 6) is -0.973. The van der Waals surface area contributed by atoms with Gasteiger partial charge in [-0.3, -0.25) is 0 Å². The largest absolute Gasteiger partial charge is 0.466 e. The summed E-state index contributed by atoms with van der Waals surface area (Å²) in [6.07, 6.45) is 2.42. The third-order valence-corrected chi connectivity index (χ3v) is 1.82. The van der Waals surface area contributed by atoms with Gasteiger partial charge in [0.15, 0.2) is 0 Å². The van der Waals surface area contributed by atoms with Crippen LogP contribution in [0.15, 0.2) is 30.5 Å². The molecular formula is C10H9ClFNO2. The van der Waals surface area contributed by atoms with Crippen molar-refractivity contribution < 1.29 is 13.9 Å². The lowest BCUT2D eigenvalue weighted by Crippen LogP contribution is -1.97. The van der Waals surface area contributed by atoms with Crippen molar-refractivity contribution in [3.63, 3.8) is 0 Å². The molecule has 0 heterocycles. The van der Waals surface area contributed by atoms with E-state index in [1.54, 1.807) is 0 Å². The van der Waals surface area contributed by atoms with Gasteiger partial charge in [-0.25, -0.2) is 9.18 Å². The predicted molar refractivity (Wildman–Crippen MR) is 56.2 cm³/mol. The van der Waals surface area contributed by atoms with Crippen molar-refractivity contribution in [2.75, 3.05) is 12.4 Å². The van der Waals surface area contributed by atoms with Crippen LogP contribution in [0.1, 0.15) is 0 Å². The zero-order chi connectivity index (χ0) is 11.3. The maximum absolute atomic E-state index is 13.1. The van der Waals surface area contributed by atoms with Crippen LogP contribution in [0.5, 0.6) is 0 Å². The standard InChI is InChI=1S/C10H9ClFNO2/c1-15-10(14)4-5-13-9-6-7(11)2-3-8(9)12/h2-6,13H,1H3/b5-4+. The van der Waals surface area contributed by atoms with Gasteiger partial charge in [0, 0.05) is 17.3 Å². The van der Waals surface area contributed by atoms with E-state index in [0.29, 0.717) is 5.02 Å².